The van der Waals surface area contributed by atoms with Crippen LogP contribution in [0.25, 0.3) is 0 Å². The number of hydrazone groups is 1. The minimum Gasteiger partial charge on any atom is -0.379 e. The summed E-state index contributed by atoms with van der Waals surface area (Å²) in [5, 5.41) is 22.7. The maximum Gasteiger partial charge on any atom is 0.297 e. The van der Waals surface area contributed by atoms with Gasteiger partial charge in [-0.3, -0.25) is 14.9 Å². The van der Waals surface area contributed by atoms with Crippen molar-refractivity contribution < 1.29 is 14.3 Å². The standard InChI is InChI=1S/C20H26N8O4/c21-19-18(24-32-25-19)20(29)23-22-13-14-11-17(28(30)31)16(27-9-5-2-6-10-27)12-15(14)26-7-3-1-4-8-26/h11-13H,1-10H2,(H2,21,25)(H,23,29). The molecule has 3 N–H and O–H groups in total. The molecule has 0 atom stereocenters. The molecule has 2 fully saturated rings. The van der Waals surface area contributed by atoms with Gasteiger partial charge in [-0.2, -0.15) is 5.10 Å². The topological polar surface area (TPSA) is 156 Å². The van der Waals surface area contributed by atoms with Gasteiger partial charge in [-0.05, 0) is 54.9 Å². The Morgan fingerprint density at radius 2 is 1.69 bits per heavy atom. The maximum absolute atomic E-state index is 12.1. The molecule has 12 heteroatoms. The van der Waals surface area contributed by atoms with Gasteiger partial charge in [-0.1, -0.05) is 0 Å². The fraction of sp³-hybridized carbons (Fsp3) is 0.500. The van der Waals surface area contributed by atoms with Gasteiger partial charge in [0.1, 0.15) is 5.69 Å². The molecule has 1 aromatic heterocycles. The molecule has 1 aromatic carbocycles. The average molecular weight is 442 g/mol. The Labute approximate surface area is 184 Å². The van der Waals surface area contributed by atoms with Crippen LogP contribution in [0.5, 0.6) is 0 Å². The SMILES string of the molecule is Nc1nonc1C(=O)NN=Cc1cc([N+](=O)[O-])c(N2CCCCC2)cc1N1CCCCC1. The van der Waals surface area contributed by atoms with Gasteiger partial charge >= 0.3 is 0 Å². The molecule has 2 saturated heterocycles. The molecule has 0 aliphatic carbocycles. The average Bonchev–Trinajstić information content (AvgIpc) is 3.25. The molecule has 0 radical (unpaired) electrons. The van der Waals surface area contributed by atoms with Crippen molar-refractivity contribution in [2.24, 2.45) is 5.10 Å². The molecule has 12 nitrogen and oxygen atoms in total. The molecule has 0 spiro atoms. The minimum absolute atomic E-state index is 0.0328. The second-order valence-corrected chi connectivity index (χ2v) is 7.95. The summed E-state index contributed by atoms with van der Waals surface area (Å²) in [5.41, 5.74) is 9.77. The van der Waals surface area contributed by atoms with Crippen molar-refractivity contribution >= 4 is 35.0 Å². The monoisotopic (exact) mass is 442 g/mol. The van der Waals surface area contributed by atoms with Crippen LogP contribution in [0.2, 0.25) is 0 Å². The number of nitrogens with two attached hydrogens (primary N) is 1. The first-order chi connectivity index (χ1) is 15.5. The van der Waals surface area contributed by atoms with Gasteiger partial charge in [-0.25, -0.2) is 10.1 Å². The number of benzene rings is 1. The third kappa shape index (κ3) is 4.63. The highest BCUT2D eigenvalue weighted by Crippen LogP contribution is 2.37. The van der Waals surface area contributed by atoms with E-state index in [0.717, 1.165) is 70.4 Å². The van der Waals surface area contributed by atoms with Crippen LogP contribution >= 0.6 is 0 Å². The van der Waals surface area contributed by atoms with Crippen LogP contribution in [0.1, 0.15) is 54.6 Å². The Bertz CT molecular complexity index is 1010. The largest absolute Gasteiger partial charge is 0.379 e. The number of hydrogen-bond donors (Lipinski definition) is 2. The van der Waals surface area contributed by atoms with Crippen molar-refractivity contribution in [2.75, 3.05) is 41.7 Å². The van der Waals surface area contributed by atoms with Crippen LogP contribution in [0, 0.1) is 10.1 Å². The number of nitrogens with zero attached hydrogens (tertiary/aromatic N) is 6. The van der Waals surface area contributed by atoms with Crippen LogP contribution in [0.3, 0.4) is 0 Å². The number of rotatable bonds is 6. The molecule has 3 heterocycles. The first-order valence-corrected chi connectivity index (χ1v) is 10.8. The lowest BCUT2D eigenvalue weighted by Crippen LogP contribution is -2.32. The quantitative estimate of drug-likeness (QED) is 0.389. The fourth-order valence-corrected chi connectivity index (χ4v) is 4.19. The van der Waals surface area contributed by atoms with Gasteiger partial charge in [0.05, 0.1) is 11.1 Å². The van der Waals surface area contributed by atoms with E-state index in [-0.39, 0.29) is 22.1 Å². The molecule has 32 heavy (non-hydrogen) atoms. The van der Waals surface area contributed by atoms with Crippen LogP contribution in [-0.2, 0) is 0 Å². The van der Waals surface area contributed by atoms with E-state index in [1.54, 1.807) is 0 Å². The number of nitro groups is 1. The van der Waals surface area contributed by atoms with Gasteiger partial charge in [0, 0.05) is 43.5 Å². The summed E-state index contributed by atoms with van der Waals surface area (Å²) in [4.78, 5) is 28.0. The van der Waals surface area contributed by atoms with E-state index in [1.165, 1.54) is 12.3 Å². The van der Waals surface area contributed by atoms with Crippen LogP contribution in [-0.4, -0.2) is 53.5 Å². The highest BCUT2D eigenvalue weighted by molar-refractivity contribution is 5.97. The van der Waals surface area contributed by atoms with E-state index in [4.69, 9.17) is 5.73 Å². The Morgan fingerprint density at radius 1 is 1.06 bits per heavy atom. The smallest absolute Gasteiger partial charge is 0.297 e. The number of aromatic nitrogens is 2. The highest BCUT2D eigenvalue weighted by Gasteiger charge is 2.26. The summed E-state index contributed by atoms with van der Waals surface area (Å²) in [5.74, 6) is -0.827. The number of nitrogens with one attached hydrogen (secondary N) is 1. The number of carbonyl (C=O) groups is 1. The number of nitro benzene ring substituents is 1. The number of hydrogen-bond acceptors (Lipinski definition) is 10. The van der Waals surface area contributed by atoms with Gasteiger partial charge in [0.2, 0.25) is 11.5 Å². The lowest BCUT2D eigenvalue weighted by Gasteiger charge is -2.33. The zero-order valence-electron chi connectivity index (χ0n) is 17.7. The predicted octanol–water partition coefficient (Wildman–Crippen LogP) is 2.30. The molecule has 0 saturated carbocycles. The van der Waals surface area contributed by atoms with Gasteiger partial charge in [-0.15, -0.1) is 0 Å². The Hall–Kier alpha value is -3.70. The molecule has 1 amide bonds. The first-order valence-electron chi connectivity index (χ1n) is 10.8. The first kappa shape index (κ1) is 21.5. The van der Waals surface area contributed by atoms with Gasteiger partial charge < -0.3 is 15.5 Å². The molecular formula is C20H26N8O4. The lowest BCUT2D eigenvalue weighted by atomic mass is 10.0. The molecular weight excluding hydrogens is 416 g/mol. The van der Waals surface area contributed by atoms with Crippen molar-refractivity contribution in [3.63, 3.8) is 0 Å². The third-order valence-corrected chi connectivity index (χ3v) is 5.81. The Kier molecular flexibility index (Phi) is 6.47. The predicted molar refractivity (Wildman–Crippen MR) is 119 cm³/mol. The van der Waals surface area contributed by atoms with Crippen molar-refractivity contribution in [1.82, 2.24) is 15.7 Å². The molecule has 4 rings (SSSR count). The number of amides is 1. The zero-order chi connectivity index (χ0) is 22.5. The molecule has 2 aromatic rings. The summed E-state index contributed by atoms with van der Waals surface area (Å²) < 4.78 is 4.42. The van der Waals surface area contributed by atoms with E-state index in [0.29, 0.717) is 11.3 Å². The third-order valence-electron chi connectivity index (χ3n) is 5.81. The second kappa shape index (κ2) is 9.62. The summed E-state index contributed by atoms with van der Waals surface area (Å²) in [6.45, 7) is 3.34. The molecule has 0 unspecified atom stereocenters. The van der Waals surface area contributed by atoms with Crippen molar-refractivity contribution in [3.05, 3.63) is 33.5 Å². The molecule has 2 aliphatic heterocycles. The van der Waals surface area contributed by atoms with E-state index >= 15 is 0 Å². The lowest BCUT2D eigenvalue weighted by molar-refractivity contribution is -0.384. The highest BCUT2D eigenvalue weighted by atomic mass is 16.6. The van der Waals surface area contributed by atoms with Crippen LogP contribution in [0.4, 0.5) is 22.9 Å². The van der Waals surface area contributed by atoms with Crippen molar-refractivity contribution in [2.45, 2.75) is 38.5 Å². The molecule has 0 bridgehead atoms. The summed E-state index contributed by atoms with van der Waals surface area (Å²) in [7, 11) is 0. The normalized spacial score (nSPS) is 17.0. The molecule has 170 valence electrons. The number of piperidine rings is 2. The van der Waals surface area contributed by atoms with E-state index < -0.39 is 5.91 Å². The summed E-state index contributed by atoms with van der Waals surface area (Å²) in [6.07, 6.45) is 7.87. The number of carbonyl (C=O) groups excluding carboxylic acids is 1. The maximum atomic E-state index is 12.1. The zero-order valence-corrected chi connectivity index (χ0v) is 17.7. The number of anilines is 3. The van der Waals surface area contributed by atoms with E-state index in [2.05, 4.69) is 35.3 Å². The number of nitrogen functional groups attached to an aromatic ring is 1. The van der Waals surface area contributed by atoms with E-state index in [1.807, 2.05) is 6.07 Å². The van der Waals surface area contributed by atoms with Gasteiger partial charge in [0.15, 0.2) is 0 Å². The van der Waals surface area contributed by atoms with Crippen molar-refractivity contribution in [1.29, 1.82) is 0 Å². The van der Waals surface area contributed by atoms with Gasteiger partial charge in [0.25, 0.3) is 11.6 Å². The fourth-order valence-electron chi connectivity index (χ4n) is 4.19. The van der Waals surface area contributed by atoms with Crippen LogP contribution in [0.15, 0.2) is 21.9 Å². The Balaban J connectivity index is 1.67. The summed E-state index contributed by atoms with van der Waals surface area (Å²) in [6, 6.07) is 3.44. The molecule has 2 aliphatic rings. The van der Waals surface area contributed by atoms with Crippen molar-refractivity contribution in [3.8, 4) is 0 Å². The second-order valence-electron chi connectivity index (χ2n) is 7.95. The van der Waals surface area contributed by atoms with E-state index in [9.17, 15) is 14.9 Å². The Morgan fingerprint density at radius 3 is 2.25 bits per heavy atom. The summed E-state index contributed by atoms with van der Waals surface area (Å²) >= 11 is 0. The van der Waals surface area contributed by atoms with Crippen LogP contribution < -0.4 is 21.0 Å². The minimum atomic E-state index is -0.682.